The van der Waals surface area contributed by atoms with Gasteiger partial charge in [0.1, 0.15) is 0 Å². The summed E-state index contributed by atoms with van der Waals surface area (Å²) in [5, 5.41) is 2.77. The van der Waals surface area contributed by atoms with Gasteiger partial charge >= 0.3 is 0 Å². The van der Waals surface area contributed by atoms with Gasteiger partial charge in [0.25, 0.3) is 0 Å². The van der Waals surface area contributed by atoms with Gasteiger partial charge in [-0.05, 0) is 30.1 Å². The molecule has 14 heavy (non-hydrogen) atoms. The van der Waals surface area contributed by atoms with Gasteiger partial charge in [0, 0.05) is 18.3 Å². The number of thioether (sulfide) groups is 1. The summed E-state index contributed by atoms with van der Waals surface area (Å²) >= 11 is 2.09. The summed E-state index contributed by atoms with van der Waals surface area (Å²) < 4.78 is 0. The van der Waals surface area contributed by atoms with Crippen LogP contribution < -0.4 is 5.84 Å². The van der Waals surface area contributed by atoms with Gasteiger partial charge in [0.15, 0.2) is 0 Å². The molecule has 1 atom stereocenters. The lowest BCUT2D eigenvalue weighted by Gasteiger charge is -2.34. The number of hydrazine groups is 1. The Balaban J connectivity index is 2.06. The minimum absolute atomic E-state index is 0.794. The molecule has 2 aliphatic heterocycles. The van der Waals surface area contributed by atoms with Crippen molar-refractivity contribution in [2.75, 3.05) is 13.1 Å². The van der Waals surface area contributed by atoms with E-state index in [1.807, 2.05) is 5.01 Å². The molecule has 0 saturated carbocycles. The third kappa shape index (κ3) is 2.15. The number of nitrogens with two attached hydrogens (primary N) is 1. The molecule has 2 aliphatic rings. The first-order chi connectivity index (χ1) is 6.66. The van der Waals surface area contributed by atoms with Gasteiger partial charge in [-0.1, -0.05) is 19.4 Å². The maximum Gasteiger partial charge on any atom is 0.0438 e. The van der Waals surface area contributed by atoms with Crippen LogP contribution in [0.2, 0.25) is 0 Å². The predicted molar refractivity (Wildman–Crippen MR) is 62.9 cm³/mol. The summed E-state index contributed by atoms with van der Waals surface area (Å²) in [5.41, 5.74) is 1.69. The van der Waals surface area contributed by atoms with Crippen molar-refractivity contribution < 1.29 is 0 Å². The first-order valence-corrected chi connectivity index (χ1v) is 6.42. The lowest BCUT2D eigenvalue weighted by Crippen LogP contribution is -2.38. The van der Waals surface area contributed by atoms with E-state index >= 15 is 0 Å². The molecule has 2 N–H and O–H groups in total. The fourth-order valence-corrected chi connectivity index (χ4v) is 3.69. The molecule has 1 unspecified atom stereocenters. The van der Waals surface area contributed by atoms with E-state index in [-0.39, 0.29) is 0 Å². The van der Waals surface area contributed by atoms with E-state index in [1.165, 1.54) is 19.3 Å². The SMILES string of the molecule is CC(C)C1CCC2=C(CN(N)CC2)S1. The smallest absolute Gasteiger partial charge is 0.0438 e. The van der Waals surface area contributed by atoms with Crippen LogP contribution >= 0.6 is 11.8 Å². The number of hydrogen-bond acceptors (Lipinski definition) is 3. The summed E-state index contributed by atoms with van der Waals surface area (Å²) in [6.07, 6.45) is 3.88. The zero-order valence-corrected chi connectivity index (χ0v) is 9.94. The first kappa shape index (κ1) is 10.5. The van der Waals surface area contributed by atoms with Gasteiger partial charge in [-0.3, -0.25) is 5.84 Å². The van der Waals surface area contributed by atoms with Crippen molar-refractivity contribution in [2.45, 2.75) is 38.4 Å². The fraction of sp³-hybridized carbons (Fsp3) is 0.818. The summed E-state index contributed by atoms with van der Waals surface area (Å²) in [4.78, 5) is 1.57. The number of hydrogen-bond donors (Lipinski definition) is 1. The molecule has 80 valence electrons. The van der Waals surface area contributed by atoms with E-state index in [9.17, 15) is 0 Å². The Morgan fingerprint density at radius 3 is 2.93 bits per heavy atom. The predicted octanol–water partition coefficient (Wildman–Crippen LogP) is 2.37. The van der Waals surface area contributed by atoms with Crippen LogP contribution in [0.5, 0.6) is 0 Å². The Morgan fingerprint density at radius 2 is 2.21 bits per heavy atom. The lowest BCUT2D eigenvalue weighted by molar-refractivity contribution is 0.298. The van der Waals surface area contributed by atoms with Crippen LogP contribution in [0.15, 0.2) is 10.5 Å². The molecule has 0 aromatic heterocycles. The minimum atomic E-state index is 0.794. The summed E-state index contributed by atoms with van der Waals surface area (Å²) in [7, 11) is 0. The average molecular weight is 212 g/mol. The molecule has 2 nitrogen and oxygen atoms in total. The molecule has 0 aromatic carbocycles. The van der Waals surface area contributed by atoms with E-state index in [1.54, 1.807) is 10.5 Å². The zero-order valence-electron chi connectivity index (χ0n) is 9.12. The third-order valence-electron chi connectivity index (χ3n) is 3.21. The van der Waals surface area contributed by atoms with Crippen molar-refractivity contribution in [3.63, 3.8) is 0 Å². The van der Waals surface area contributed by atoms with Gasteiger partial charge in [-0.2, -0.15) is 0 Å². The highest BCUT2D eigenvalue weighted by atomic mass is 32.2. The highest BCUT2D eigenvalue weighted by Crippen LogP contribution is 2.41. The monoisotopic (exact) mass is 212 g/mol. The highest BCUT2D eigenvalue weighted by molar-refractivity contribution is 8.03. The Kier molecular flexibility index (Phi) is 3.20. The van der Waals surface area contributed by atoms with E-state index in [2.05, 4.69) is 25.6 Å². The van der Waals surface area contributed by atoms with Crippen LogP contribution in [0.1, 0.15) is 33.1 Å². The van der Waals surface area contributed by atoms with Crippen LogP contribution in [-0.4, -0.2) is 23.3 Å². The second-order valence-corrected chi connectivity index (χ2v) is 6.02. The normalized spacial score (nSPS) is 29.6. The molecule has 3 heteroatoms. The van der Waals surface area contributed by atoms with E-state index in [0.29, 0.717) is 0 Å². The quantitative estimate of drug-likeness (QED) is 0.677. The Bertz CT molecular complexity index is 248. The number of rotatable bonds is 1. The zero-order chi connectivity index (χ0) is 10.1. The molecule has 0 radical (unpaired) electrons. The maximum atomic E-state index is 5.85. The topological polar surface area (TPSA) is 29.3 Å². The molecule has 0 fully saturated rings. The maximum absolute atomic E-state index is 5.85. The van der Waals surface area contributed by atoms with Crippen LogP contribution in [0.4, 0.5) is 0 Å². The Hall–Kier alpha value is 0.0100. The van der Waals surface area contributed by atoms with Crippen molar-refractivity contribution in [3.05, 3.63) is 10.5 Å². The molecule has 2 heterocycles. The molecule has 0 spiro atoms. The minimum Gasteiger partial charge on any atom is -0.268 e. The molecule has 2 rings (SSSR count). The van der Waals surface area contributed by atoms with E-state index in [0.717, 1.165) is 24.3 Å². The highest BCUT2D eigenvalue weighted by Gasteiger charge is 2.26. The van der Waals surface area contributed by atoms with Crippen molar-refractivity contribution in [3.8, 4) is 0 Å². The average Bonchev–Trinajstić information content (AvgIpc) is 2.16. The molecule has 0 aromatic rings. The summed E-state index contributed by atoms with van der Waals surface area (Å²) in [6, 6.07) is 0. The molecule has 0 aliphatic carbocycles. The van der Waals surface area contributed by atoms with Crippen molar-refractivity contribution >= 4 is 11.8 Å². The Labute approximate surface area is 90.9 Å². The standard InChI is InChI=1S/C11H20N2S/c1-8(2)10-4-3-9-5-6-13(12)7-11(9)14-10/h8,10H,3-7,12H2,1-2H3. The van der Waals surface area contributed by atoms with Gasteiger partial charge in [0.2, 0.25) is 0 Å². The van der Waals surface area contributed by atoms with Gasteiger partial charge < -0.3 is 0 Å². The van der Waals surface area contributed by atoms with Crippen LogP contribution in [0.3, 0.4) is 0 Å². The van der Waals surface area contributed by atoms with Crippen molar-refractivity contribution in [1.29, 1.82) is 0 Å². The van der Waals surface area contributed by atoms with Crippen LogP contribution in [0.25, 0.3) is 0 Å². The first-order valence-electron chi connectivity index (χ1n) is 5.54. The second kappa shape index (κ2) is 4.25. The molecule has 0 amide bonds. The van der Waals surface area contributed by atoms with Gasteiger partial charge in [-0.25, -0.2) is 5.01 Å². The largest absolute Gasteiger partial charge is 0.268 e. The van der Waals surface area contributed by atoms with Gasteiger partial charge in [0.05, 0.1) is 0 Å². The molecule has 0 saturated heterocycles. The summed E-state index contributed by atoms with van der Waals surface area (Å²) in [5.74, 6) is 6.64. The van der Waals surface area contributed by atoms with Gasteiger partial charge in [-0.15, -0.1) is 11.8 Å². The third-order valence-corrected chi connectivity index (χ3v) is 4.99. The molecular formula is C11H20N2S. The molecular weight excluding hydrogens is 192 g/mol. The Morgan fingerprint density at radius 1 is 1.43 bits per heavy atom. The second-order valence-electron chi connectivity index (χ2n) is 4.69. The fourth-order valence-electron chi connectivity index (χ4n) is 2.21. The van der Waals surface area contributed by atoms with Crippen molar-refractivity contribution in [2.24, 2.45) is 11.8 Å². The van der Waals surface area contributed by atoms with Crippen LogP contribution in [0, 0.1) is 5.92 Å². The van der Waals surface area contributed by atoms with E-state index < -0.39 is 0 Å². The van der Waals surface area contributed by atoms with Crippen LogP contribution in [-0.2, 0) is 0 Å². The number of nitrogens with zero attached hydrogens (tertiary/aromatic N) is 1. The summed E-state index contributed by atoms with van der Waals surface area (Å²) in [6.45, 7) is 6.69. The lowest BCUT2D eigenvalue weighted by atomic mass is 9.97. The van der Waals surface area contributed by atoms with E-state index in [4.69, 9.17) is 5.84 Å². The van der Waals surface area contributed by atoms with Crippen molar-refractivity contribution in [1.82, 2.24) is 5.01 Å². The molecule has 0 bridgehead atoms.